The molecule has 0 spiro atoms. The van der Waals surface area contributed by atoms with Crippen LogP contribution in [0.3, 0.4) is 0 Å². The van der Waals surface area contributed by atoms with Crippen LogP contribution in [-0.2, 0) is 14.8 Å². The first-order chi connectivity index (χ1) is 16.7. The van der Waals surface area contributed by atoms with E-state index in [2.05, 4.69) is 9.88 Å². The molecule has 2 aromatic rings. The minimum atomic E-state index is -3.60. The summed E-state index contributed by atoms with van der Waals surface area (Å²) in [6.45, 7) is 5.97. The van der Waals surface area contributed by atoms with Gasteiger partial charge in [0.15, 0.2) is 0 Å². The van der Waals surface area contributed by atoms with Gasteiger partial charge in [0.2, 0.25) is 10.0 Å². The van der Waals surface area contributed by atoms with E-state index >= 15 is 0 Å². The van der Waals surface area contributed by atoms with Crippen LogP contribution >= 0.6 is 11.8 Å². The molecular formula is C26H37N3O4S2. The second kappa shape index (κ2) is 12.7. The number of hydrogen-bond acceptors (Lipinski definition) is 7. The van der Waals surface area contributed by atoms with Crippen LogP contribution in [0, 0.1) is 19.8 Å². The molecule has 0 bridgehead atoms. The Morgan fingerprint density at radius 3 is 2.40 bits per heavy atom. The molecule has 1 aromatic carbocycles. The number of ether oxygens (including phenoxy) is 1. The molecular weight excluding hydrogens is 482 g/mol. The number of Topliss-reactive ketones (excluding diaryl/α,β-unsaturated/α-hetero) is 1. The lowest BCUT2D eigenvalue weighted by Crippen LogP contribution is -2.33. The first-order valence-corrected chi connectivity index (χ1v) is 14.7. The van der Waals surface area contributed by atoms with E-state index in [9.17, 15) is 13.2 Å². The highest BCUT2D eigenvalue weighted by Crippen LogP contribution is 2.28. The van der Waals surface area contributed by atoms with Gasteiger partial charge >= 0.3 is 0 Å². The third-order valence-corrected chi connectivity index (χ3v) is 9.79. The van der Waals surface area contributed by atoms with Gasteiger partial charge in [0.1, 0.15) is 11.5 Å². The van der Waals surface area contributed by atoms with Gasteiger partial charge in [0.05, 0.1) is 17.8 Å². The van der Waals surface area contributed by atoms with Gasteiger partial charge in [-0.3, -0.25) is 9.78 Å². The highest BCUT2D eigenvalue weighted by atomic mass is 32.2. The monoisotopic (exact) mass is 519 g/mol. The van der Waals surface area contributed by atoms with Gasteiger partial charge in [0.25, 0.3) is 0 Å². The lowest BCUT2D eigenvalue weighted by Gasteiger charge is -2.33. The van der Waals surface area contributed by atoms with Crippen LogP contribution in [0.1, 0.15) is 36.8 Å². The molecule has 192 valence electrons. The van der Waals surface area contributed by atoms with Crippen molar-refractivity contribution in [3.63, 3.8) is 0 Å². The number of benzene rings is 1. The minimum absolute atomic E-state index is 0.249. The minimum Gasteiger partial charge on any atom is -0.497 e. The fraction of sp³-hybridized carbons (Fsp3) is 0.538. The molecule has 1 saturated heterocycles. The van der Waals surface area contributed by atoms with Crippen molar-refractivity contribution < 1.29 is 17.9 Å². The van der Waals surface area contributed by atoms with E-state index in [0.717, 1.165) is 32.4 Å². The number of rotatable bonds is 12. The number of carbonyl (C=O) groups excluding carboxylic acids is 1. The van der Waals surface area contributed by atoms with E-state index < -0.39 is 10.0 Å². The Labute approximate surface area is 214 Å². The smallest absolute Gasteiger partial charge is 0.243 e. The second-order valence-corrected chi connectivity index (χ2v) is 12.3. The summed E-state index contributed by atoms with van der Waals surface area (Å²) in [6, 6.07) is 7.57. The van der Waals surface area contributed by atoms with Gasteiger partial charge in [-0.15, -0.1) is 0 Å². The fourth-order valence-corrected chi connectivity index (χ4v) is 7.17. The van der Waals surface area contributed by atoms with Crippen molar-refractivity contribution in [2.45, 2.75) is 44.4 Å². The van der Waals surface area contributed by atoms with E-state index in [1.54, 1.807) is 40.1 Å². The Hall–Kier alpha value is -2.10. The lowest BCUT2D eigenvalue weighted by atomic mass is 9.91. The number of piperidine rings is 1. The molecule has 7 nitrogen and oxygen atoms in total. The highest BCUT2D eigenvalue weighted by Gasteiger charge is 2.25. The maximum atomic E-state index is 13.1. The SMILES string of the molecule is COc1cc(C)c(S(=O)(=O)N(C)CCSCC(=O)CCC2CCN(c3ccncc3)CC2)c(C)c1. The number of hydrogen-bond donors (Lipinski definition) is 0. The van der Waals surface area contributed by atoms with Crippen LogP contribution < -0.4 is 9.64 Å². The van der Waals surface area contributed by atoms with Crippen molar-refractivity contribution in [1.82, 2.24) is 9.29 Å². The summed E-state index contributed by atoms with van der Waals surface area (Å²) in [5, 5.41) is 0. The van der Waals surface area contributed by atoms with Crippen molar-refractivity contribution in [2.75, 3.05) is 50.2 Å². The third-order valence-electron chi connectivity index (χ3n) is 6.63. The Kier molecular flexibility index (Phi) is 10.0. The summed E-state index contributed by atoms with van der Waals surface area (Å²) in [5.41, 5.74) is 2.56. The number of thioether (sulfide) groups is 1. The summed E-state index contributed by atoms with van der Waals surface area (Å²) < 4.78 is 32.8. The predicted octanol–water partition coefficient (Wildman–Crippen LogP) is 4.33. The number of ketones is 1. The highest BCUT2D eigenvalue weighted by molar-refractivity contribution is 8.00. The van der Waals surface area contributed by atoms with Gasteiger partial charge in [-0.05, 0) is 74.4 Å². The zero-order valence-electron chi connectivity index (χ0n) is 21.2. The molecule has 9 heteroatoms. The molecule has 0 amide bonds. The molecule has 1 aliphatic rings. The summed E-state index contributed by atoms with van der Waals surface area (Å²) >= 11 is 1.51. The molecule has 0 atom stereocenters. The van der Waals surface area contributed by atoms with E-state index in [-0.39, 0.29) is 5.78 Å². The van der Waals surface area contributed by atoms with Gasteiger partial charge in [-0.1, -0.05) is 0 Å². The number of carbonyl (C=O) groups is 1. The van der Waals surface area contributed by atoms with E-state index in [1.807, 2.05) is 24.5 Å². The molecule has 1 aliphatic heterocycles. The summed E-state index contributed by atoms with van der Waals surface area (Å²) in [6.07, 6.45) is 7.41. The molecule has 2 heterocycles. The zero-order chi connectivity index (χ0) is 25.4. The van der Waals surface area contributed by atoms with Crippen molar-refractivity contribution in [3.8, 4) is 5.75 Å². The number of methoxy groups -OCH3 is 1. The second-order valence-electron chi connectivity index (χ2n) is 9.18. The number of sulfonamides is 1. The normalized spacial score (nSPS) is 14.9. The number of nitrogens with zero attached hydrogens (tertiary/aromatic N) is 3. The lowest BCUT2D eigenvalue weighted by molar-refractivity contribution is -0.116. The van der Waals surface area contributed by atoms with Crippen LogP contribution in [0.15, 0.2) is 41.6 Å². The average molecular weight is 520 g/mol. The van der Waals surface area contributed by atoms with Gasteiger partial charge in [-0.25, -0.2) is 12.7 Å². The largest absolute Gasteiger partial charge is 0.497 e. The summed E-state index contributed by atoms with van der Waals surface area (Å²) in [5.74, 6) is 2.51. The zero-order valence-corrected chi connectivity index (χ0v) is 22.8. The van der Waals surface area contributed by atoms with Crippen molar-refractivity contribution in [2.24, 2.45) is 5.92 Å². The molecule has 0 N–H and O–H groups in total. The molecule has 0 aliphatic carbocycles. The molecule has 3 rings (SSSR count). The van der Waals surface area contributed by atoms with Crippen LogP contribution in [0.4, 0.5) is 5.69 Å². The van der Waals surface area contributed by atoms with Crippen molar-refractivity contribution in [3.05, 3.63) is 47.8 Å². The summed E-state index contributed by atoms with van der Waals surface area (Å²) in [4.78, 5) is 19.2. The Morgan fingerprint density at radius 1 is 1.17 bits per heavy atom. The van der Waals surface area contributed by atoms with Crippen molar-refractivity contribution in [1.29, 1.82) is 0 Å². The maximum absolute atomic E-state index is 13.1. The third kappa shape index (κ3) is 7.44. The van der Waals surface area contributed by atoms with Gasteiger partial charge in [-0.2, -0.15) is 11.8 Å². The number of pyridine rings is 1. The maximum Gasteiger partial charge on any atom is 0.243 e. The summed E-state index contributed by atoms with van der Waals surface area (Å²) in [7, 11) is -0.438. The molecule has 35 heavy (non-hydrogen) atoms. The molecule has 0 unspecified atom stereocenters. The molecule has 1 fully saturated rings. The predicted molar refractivity (Wildman–Crippen MR) is 143 cm³/mol. The van der Waals surface area contributed by atoms with Crippen molar-refractivity contribution >= 4 is 33.3 Å². The standard InChI is InChI=1S/C26H37N3O4S2/c1-20-17-25(33-4)18-21(2)26(20)35(31,32)28(3)15-16-34-19-24(30)6-5-22-9-13-29(14-10-22)23-7-11-27-12-8-23/h7-8,11-12,17-18,22H,5-6,9-10,13-16,19H2,1-4H3. The van der Waals surface area contributed by atoms with E-state index in [4.69, 9.17) is 4.74 Å². The molecule has 0 saturated carbocycles. The van der Waals surface area contributed by atoms with E-state index in [0.29, 0.717) is 52.2 Å². The van der Waals surface area contributed by atoms with E-state index in [1.165, 1.54) is 21.8 Å². The van der Waals surface area contributed by atoms with Crippen LogP contribution in [0.5, 0.6) is 5.75 Å². The Morgan fingerprint density at radius 2 is 1.80 bits per heavy atom. The van der Waals surface area contributed by atoms with Crippen LogP contribution in [-0.4, -0.2) is 68.8 Å². The van der Waals surface area contributed by atoms with Gasteiger partial charge < -0.3 is 9.64 Å². The van der Waals surface area contributed by atoms with Crippen LogP contribution in [0.25, 0.3) is 0 Å². The first-order valence-electron chi connectivity index (χ1n) is 12.1. The molecule has 0 radical (unpaired) electrons. The first kappa shape index (κ1) is 27.5. The van der Waals surface area contributed by atoms with Gasteiger partial charge in [0, 0.05) is 56.9 Å². The quantitative estimate of drug-likeness (QED) is 0.386. The Bertz CT molecular complexity index is 1060. The Balaban J connectivity index is 1.36. The average Bonchev–Trinajstić information content (AvgIpc) is 2.85. The van der Waals surface area contributed by atoms with Crippen LogP contribution in [0.2, 0.25) is 0 Å². The topological polar surface area (TPSA) is 79.8 Å². The number of aromatic nitrogens is 1. The number of anilines is 1. The number of aryl methyl sites for hydroxylation is 2. The molecule has 1 aromatic heterocycles. The fourth-order valence-electron chi connectivity index (χ4n) is 4.56.